The largest absolute Gasteiger partial charge is 0.480 e. The molecule has 0 spiro atoms. The summed E-state index contributed by atoms with van der Waals surface area (Å²) < 4.78 is 0. The SMILES string of the molecule is O=C(Nc1nncs1)NC(C(=O)O)C1CCCCC1. The topological polar surface area (TPSA) is 104 Å². The number of amides is 2. The number of anilines is 1. The van der Waals surface area contributed by atoms with Gasteiger partial charge in [0, 0.05) is 0 Å². The summed E-state index contributed by atoms with van der Waals surface area (Å²) >= 11 is 1.18. The Kier molecular flexibility index (Phi) is 4.67. The number of nitrogens with zero attached hydrogens (tertiary/aromatic N) is 2. The molecule has 0 saturated heterocycles. The van der Waals surface area contributed by atoms with Crippen LogP contribution in [0.2, 0.25) is 0 Å². The quantitative estimate of drug-likeness (QED) is 0.780. The number of hydrogen-bond acceptors (Lipinski definition) is 5. The highest BCUT2D eigenvalue weighted by molar-refractivity contribution is 7.13. The Morgan fingerprint density at radius 3 is 2.68 bits per heavy atom. The van der Waals surface area contributed by atoms with Crippen molar-refractivity contribution in [3.8, 4) is 0 Å². The second kappa shape index (κ2) is 6.46. The molecule has 1 saturated carbocycles. The molecule has 1 aromatic heterocycles. The van der Waals surface area contributed by atoms with Crippen LogP contribution in [0.25, 0.3) is 0 Å². The normalized spacial score (nSPS) is 17.7. The lowest BCUT2D eigenvalue weighted by atomic mass is 9.84. The molecule has 0 radical (unpaired) electrons. The Labute approximate surface area is 114 Å². The predicted molar refractivity (Wildman–Crippen MR) is 70.1 cm³/mol. The minimum absolute atomic E-state index is 0.00594. The van der Waals surface area contributed by atoms with Gasteiger partial charge in [-0.3, -0.25) is 5.32 Å². The molecule has 1 aliphatic carbocycles. The first-order chi connectivity index (χ1) is 9.16. The van der Waals surface area contributed by atoms with E-state index in [2.05, 4.69) is 20.8 Å². The maximum absolute atomic E-state index is 11.7. The number of aliphatic carboxylic acids is 1. The van der Waals surface area contributed by atoms with Crippen molar-refractivity contribution in [2.75, 3.05) is 5.32 Å². The van der Waals surface area contributed by atoms with Crippen LogP contribution in [0.3, 0.4) is 0 Å². The highest BCUT2D eigenvalue weighted by atomic mass is 32.1. The number of carbonyl (C=O) groups excluding carboxylic acids is 1. The van der Waals surface area contributed by atoms with Crippen LogP contribution in [0.1, 0.15) is 32.1 Å². The molecular weight excluding hydrogens is 268 g/mol. The zero-order chi connectivity index (χ0) is 13.7. The van der Waals surface area contributed by atoms with Gasteiger partial charge in [0.1, 0.15) is 11.6 Å². The second-order valence-electron chi connectivity index (χ2n) is 4.56. The first kappa shape index (κ1) is 13.7. The van der Waals surface area contributed by atoms with Gasteiger partial charge < -0.3 is 10.4 Å². The fourth-order valence-electron chi connectivity index (χ4n) is 2.35. The van der Waals surface area contributed by atoms with Crippen molar-refractivity contribution < 1.29 is 14.7 Å². The number of carbonyl (C=O) groups is 2. The van der Waals surface area contributed by atoms with Gasteiger partial charge >= 0.3 is 12.0 Å². The molecule has 1 aliphatic rings. The minimum Gasteiger partial charge on any atom is -0.480 e. The van der Waals surface area contributed by atoms with Gasteiger partial charge in [-0.2, -0.15) is 0 Å². The summed E-state index contributed by atoms with van der Waals surface area (Å²) in [5.41, 5.74) is 1.49. The van der Waals surface area contributed by atoms with E-state index in [4.69, 9.17) is 0 Å². The van der Waals surface area contributed by atoms with Crippen molar-refractivity contribution in [3.63, 3.8) is 0 Å². The van der Waals surface area contributed by atoms with Gasteiger partial charge in [-0.15, -0.1) is 10.2 Å². The van der Waals surface area contributed by atoms with E-state index in [1.165, 1.54) is 16.8 Å². The predicted octanol–water partition coefficient (Wildman–Crippen LogP) is 1.69. The zero-order valence-electron chi connectivity index (χ0n) is 10.3. The Morgan fingerprint density at radius 1 is 1.37 bits per heavy atom. The Balaban J connectivity index is 1.92. The number of urea groups is 1. The number of rotatable bonds is 4. The van der Waals surface area contributed by atoms with Crippen molar-refractivity contribution in [1.29, 1.82) is 0 Å². The summed E-state index contributed by atoms with van der Waals surface area (Å²) in [6.45, 7) is 0. The first-order valence-electron chi connectivity index (χ1n) is 6.23. The molecule has 0 bridgehead atoms. The van der Waals surface area contributed by atoms with Gasteiger partial charge in [0.2, 0.25) is 5.13 Å². The molecule has 8 heteroatoms. The maximum atomic E-state index is 11.7. The van der Waals surface area contributed by atoms with Crippen LogP contribution in [0.5, 0.6) is 0 Å². The van der Waals surface area contributed by atoms with Crippen molar-refractivity contribution in [2.24, 2.45) is 5.92 Å². The molecule has 7 nitrogen and oxygen atoms in total. The highest BCUT2D eigenvalue weighted by Gasteiger charge is 2.30. The van der Waals surface area contributed by atoms with Crippen LogP contribution in [0, 0.1) is 5.92 Å². The highest BCUT2D eigenvalue weighted by Crippen LogP contribution is 2.26. The fourth-order valence-corrected chi connectivity index (χ4v) is 2.79. The number of carboxylic acids is 1. The molecule has 2 rings (SSSR count). The van der Waals surface area contributed by atoms with E-state index in [0.717, 1.165) is 32.1 Å². The summed E-state index contributed by atoms with van der Waals surface area (Å²) in [6.07, 6.45) is 4.87. The average Bonchev–Trinajstić information content (AvgIpc) is 2.89. The smallest absolute Gasteiger partial charge is 0.326 e. The molecule has 1 fully saturated rings. The summed E-state index contributed by atoms with van der Waals surface area (Å²) in [4.78, 5) is 23.0. The molecule has 1 atom stereocenters. The van der Waals surface area contributed by atoms with Crippen LogP contribution in [-0.4, -0.2) is 33.3 Å². The van der Waals surface area contributed by atoms with Crippen LogP contribution in [0.15, 0.2) is 5.51 Å². The molecule has 19 heavy (non-hydrogen) atoms. The number of nitrogens with one attached hydrogen (secondary N) is 2. The minimum atomic E-state index is -0.987. The number of carboxylic acid groups (broad SMARTS) is 1. The average molecular weight is 284 g/mol. The van der Waals surface area contributed by atoms with E-state index in [1.54, 1.807) is 0 Å². The van der Waals surface area contributed by atoms with E-state index in [1.807, 2.05) is 0 Å². The van der Waals surface area contributed by atoms with Crippen LogP contribution in [-0.2, 0) is 4.79 Å². The number of aromatic nitrogens is 2. The molecule has 1 heterocycles. The Morgan fingerprint density at radius 2 is 2.11 bits per heavy atom. The van der Waals surface area contributed by atoms with Gasteiger partial charge in [-0.05, 0) is 18.8 Å². The lowest BCUT2D eigenvalue weighted by Crippen LogP contribution is -2.48. The third-order valence-corrected chi connectivity index (χ3v) is 3.86. The molecule has 0 aliphatic heterocycles. The van der Waals surface area contributed by atoms with Crippen molar-refractivity contribution in [3.05, 3.63) is 5.51 Å². The summed E-state index contributed by atoms with van der Waals surface area (Å²) in [6, 6.07) is -1.39. The van der Waals surface area contributed by atoms with Crippen molar-refractivity contribution in [1.82, 2.24) is 15.5 Å². The van der Waals surface area contributed by atoms with Crippen LogP contribution < -0.4 is 10.6 Å². The molecule has 1 unspecified atom stereocenters. The Hall–Kier alpha value is -1.70. The van der Waals surface area contributed by atoms with Gasteiger partial charge in [0.15, 0.2) is 0 Å². The fraction of sp³-hybridized carbons (Fsp3) is 0.636. The van der Waals surface area contributed by atoms with Crippen LogP contribution >= 0.6 is 11.3 Å². The van der Waals surface area contributed by atoms with Crippen molar-refractivity contribution >= 4 is 28.5 Å². The lowest BCUT2D eigenvalue weighted by molar-refractivity contribution is -0.141. The monoisotopic (exact) mass is 284 g/mol. The van der Waals surface area contributed by atoms with Gasteiger partial charge in [-0.25, -0.2) is 9.59 Å². The van der Waals surface area contributed by atoms with Gasteiger partial charge in [0.05, 0.1) is 0 Å². The zero-order valence-corrected chi connectivity index (χ0v) is 11.2. The van der Waals surface area contributed by atoms with Crippen molar-refractivity contribution in [2.45, 2.75) is 38.1 Å². The van der Waals surface area contributed by atoms with E-state index in [9.17, 15) is 14.7 Å². The van der Waals surface area contributed by atoms with E-state index in [0.29, 0.717) is 5.13 Å². The van der Waals surface area contributed by atoms with Gasteiger partial charge in [-0.1, -0.05) is 30.6 Å². The molecule has 0 aromatic carbocycles. The summed E-state index contributed by atoms with van der Waals surface area (Å²) in [7, 11) is 0. The molecule has 104 valence electrons. The molecular formula is C11H16N4O3S. The molecule has 2 amide bonds. The molecule has 3 N–H and O–H groups in total. The van der Waals surface area contributed by atoms with E-state index in [-0.39, 0.29) is 5.92 Å². The van der Waals surface area contributed by atoms with E-state index < -0.39 is 18.0 Å². The second-order valence-corrected chi connectivity index (χ2v) is 5.39. The summed E-state index contributed by atoms with van der Waals surface area (Å²) in [5.74, 6) is -0.981. The van der Waals surface area contributed by atoms with E-state index >= 15 is 0 Å². The lowest BCUT2D eigenvalue weighted by Gasteiger charge is -2.27. The molecule has 1 aromatic rings. The standard InChI is InChI=1S/C11H16N4O3S/c16-9(17)8(7-4-2-1-3-5-7)13-10(18)14-11-15-12-6-19-11/h6-8H,1-5H2,(H,16,17)(H2,13,14,15,18). The third kappa shape index (κ3) is 3.88. The van der Waals surface area contributed by atoms with Gasteiger partial charge in [0.25, 0.3) is 0 Å². The van der Waals surface area contributed by atoms with Crippen LogP contribution in [0.4, 0.5) is 9.93 Å². The maximum Gasteiger partial charge on any atom is 0.326 e. The number of hydrogen-bond donors (Lipinski definition) is 3. The Bertz CT molecular complexity index is 431. The summed E-state index contributed by atoms with van der Waals surface area (Å²) in [5, 5.41) is 21.8. The first-order valence-corrected chi connectivity index (χ1v) is 7.11. The third-order valence-electron chi connectivity index (χ3n) is 3.25.